The van der Waals surface area contributed by atoms with E-state index in [1.807, 2.05) is 0 Å². The van der Waals surface area contributed by atoms with Crippen LogP contribution in [0.1, 0.15) is 12.0 Å². The first-order chi connectivity index (χ1) is 12.9. The van der Waals surface area contributed by atoms with Crippen LogP contribution in [0, 0.1) is 23.3 Å². The SMILES string of the molecule is CN1C(=O)C2CCOCC2(c2cc(O)ccc2F)NC1=BOC#N.FCF. The Morgan fingerprint density at radius 3 is 2.93 bits per heavy atom. The van der Waals surface area contributed by atoms with E-state index in [0.717, 1.165) is 13.2 Å². The summed E-state index contributed by atoms with van der Waals surface area (Å²) in [6.07, 6.45) is 1.90. The van der Waals surface area contributed by atoms with Crippen molar-refractivity contribution in [3.8, 4) is 12.0 Å². The third kappa shape index (κ3) is 4.00. The molecule has 2 N–H and O–H groups in total. The van der Waals surface area contributed by atoms with E-state index in [-0.39, 0.29) is 29.5 Å². The Kier molecular flexibility index (Phi) is 6.68. The summed E-state index contributed by atoms with van der Waals surface area (Å²) < 4.78 is 43.9. The maximum absolute atomic E-state index is 14.5. The number of carbonyl (C=O) groups is 1. The van der Waals surface area contributed by atoms with Crippen molar-refractivity contribution in [2.24, 2.45) is 5.92 Å². The number of nitrogens with one attached hydrogen (secondary N) is 1. The van der Waals surface area contributed by atoms with Crippen molar-refractivity contribution in [1.29, 1.82) is 5.26 Å². The number of carbonyl (C=O) groups excluding carboxylic acids is 1. The summed E-state index contributed by atoms with van der Waals surface area (Å²) in [5.41, 5.74) is -0.836. The van der Waals surface area contributed by atoms with Gasteiger partial charge in [0.2, 0.25) is 6.93 Å². The molecule has 2 atom stereocenters. The number of halogens is 3. The number of alkyl halides is 2. The first kappa shape index (κ1) is 20.6. The number of hydrogen-bond acceptors (Lipinski definition) is 6. The topological polar surface area (TPSA) is 94.8 Å². The molecule has 1 aromatic rings. The van der Waals surface area contributed by atoms with Gasteiger partial charge in [0, 0.05) is 0 Å². The average Bonchev–Trinajstić information content (AvgIpc) is 2.66. The smallest absolute Gasteiger partial charge is 0.214 e. The molecule has 2 fully saturated rings. The monoisotopic (exact) mass is 383 g/mol. The molecule has 7 nitrogen and oxygen atoms in total. The number of fused-ring (bicyclic) bond motifs is 1. The van der Waals surface area contributed by atoms with Crippen LogP contribution in [0.4, 0.5) is 13.2 Å². The molecule has 0 saturated carbocycles. The molecule has 27 heavy (non-hydrogen) atoms. The van der Waals surface area contributed by atoms with Crippen LogP contribution in [0.5, 0.6) is 5.75 Å². The summed E-state index contributed by atoms with van der Waals surface area (Å²) in [4.78, 5) is 14.1. The van der Waals surface area contributed by atoms with E-state index in [9.17, 15) is 23.1 Å². The van der Waals surface area contributed by atoms with Crippen LogP contribution in [0.2, 0.25) is 0 Å². The zero-order valence-electron chi connectivity index (χ0n) is 14.4. The van der Waals surface area contributed by atoms with Crippen molar-refractivity contribution >= 4 is 18.7 Å². The van der Waals surface area contributed by atoms with Crippen molar-refractivity contribution in [3.05, 3.63) is 29.6 Å². The number of benzene rings is 1. The van der Waals surface area contributed by atoms with Crippen LogP contribution >= 0.6 is 0 Å². The Morgan fingerprint density at radius 1 is 1.56 bits per heavy atom. The number of hydrogen-bond donors (Lipinski definition) is 2. The molecule has 0 aliphatic carbocycles. The van der Waals surface area contributed by atoms with Crippen molar-refractivity contribution in [3.63, 3.8) is 0 Å². The predicted octanol–water partition coefficient (Wildman–Crippen LogP) is 0.912. The van der Waals surface area contributed by atoms with E-state index in [4.69, 9.17) is 10.00 Å². The minimum Gasteiger partial charge on any atom is -0.214 e. The second-order valence-corrected chi connectivity index (χ2v) is 5.86. The first-order valence-corrected chi connectivity index (χ1v) is 7.90. The number of rotatable bonds is 2. The molecule has 2 aliphatic rings. The van der Waals surface area contributed by atoms with Crippen molar-refractivity contribution in [1.82, 2.24) is 10.2 Å². The number of phenols is 1. The Bertz CT molecular complexity index is 774. The van der Waals surface area contributed by atoms with E-state index in [0.29, 0.717) is 13.0 Å². The van der Waals surface area contributed by atoms with Crippen LogP contribution in [-0.2, 0) is 19.7 Å². The minimum absolute atomic E-state index is 0.0432. The number of nitrogens with zero attached hydrogens (tertiary/aromatic N) is 2. The van der Waals surface area contributed by atoms with Gasteiger partial charge < -0.3 is 0 Å². The summed E-state index contributed by atoms with van der Waals surface area (Å²) in [5.74, 6) is -1.50. The second-order valence-electron chi connectivity index (χ2n) is 5.86. The molecule has 144 valence electrons. The van der Waals surface area contributed by atoms with Gasteiger partial charge in [0.15, 0.2) is 0 Å². The van der Waals surface area contributed by atoms with E-state index >= 15 is 0 Å². The molecule has 2 unspecified atom stereocenters. The van der Waals surface area contributed by atoms with Crippen molar-refractivity contribution in [2.45, 2.75) is 12.0 Å². The van der Waals surface area contributed by atoms with Crippen molar-refractivity contribution in [2.75, 3.05) is 27.2 Å². The zero-order valence-corrected chi connectivity index (χ0v) is 14.4. The Hall–Kier alpha value is -2.74. The summed E-state index contributed by atoms with van der Waals surface area (Å²) >= 11 is 0. The molecule has 3 rings (SSSR count). The quantitative estimate of drug-likeness (QED) is 0.583. The summed E-state index contributed by atoms with van der Waals surface area (Å²) in [7, 11) is 2.63. The van der Waals surface area contributed by atoms with Gasteiger partial charge in [0.1, 0.15) is 0 Å². The molecule has 2 saturated heterocycles. The molecule has 0 spiro atoms. The Balaban J connectivity index is 0.000000817. The predicted molar refractivity (Wildman–Crippen MR) is 89.1 cm³/mol. The van der Waals surface area contributed by atoms with Gasteiger partial charge in [-0.15, -0.1) is 0 Å². The average molecular weight is 383 g/mol. The van der Waals surface area contributed by atoms with Crippen LogP contribution < -0.4 is 5.32 Å². The maximum atomic E-state index is 14.5. The van der Waals surface area contributed by atoms with E-state index < -0.39 is 24.2 Å². The zero-order chi connectivity index (χ0) is 20.0. The number of aromatic hydroxyl groups is 1. The number of nitriles is 1. The fourth-order valence-electron chi connectivity index (χ4n) is 3.28. The molecule has 0 bridgehead atoms. The van der Waals surface area contributed by atoms with Gasteiger partial charge in [-0.2, -0.15) is 0 Å². The molecule has 0 aromatic heterocycles. The third-order valence-electron chi connectivity index (χ3n) is 4.47. The summed E-state index contributed by atoms with van der Waals surface area (Å²) in [6.45, 7) is -1.33. The van der Waals surface area contributed by atoms with Gasteiger partial charge in [-0.25, -0.2) is 8.78 Å². The maximum Gasteiger partial charge on any atom is 0.229 e. The van der Waals surface area contributed by atoms with Gasteiger partial charge in [-0.1, -0.05) is 0 Å². The van der Waals surface area contributed by atoms with Gasteiger partial charge >= 0.3 is 138 Å². The molecule has 2 aliphatic heterocycles. The van der Waals surface area contributed by atoms with Crippen LogP contribution in [-0.4, -0.2) is 55.9 Å². The Morgan fingerprint density at radius 2 is 2.26 bits per heavy atom. The summed E-state index contributed by atoms with van der Waals surface area (Å²) in [5, 5.41) is 21.4. The minimum atomic E-state index is -1.75. The van der Waals surface area contributed by atoms with Gasteiger partial charge in [-0.3, -0.25) is 0 Å². The van der Waals surface area contributed by atoms with Crippen LogP contribution in [0.3, 0.4) is 0 Å². The van der Waals surface area contributed by atoms with Gasteiger partial charge in [0.05, 0.1) is 0 Å². The molecule has 2 heterocycles. The molecule has 1 aromatic carbocycles. The van der Waals surface area contributed by atoms with Crippen molar-refractivity contribution < 1.29 is 32.5 Å². The van der Waals surface area contributed by atoms with E-state index in [1.165, 1.54) is 23.3 Å². The summed E-state index contributed by atoms with van der Waals surface area (Å²) in [6, 6.07) is 3.66. The Labute approximate surface area is 154 Å². The van der Waals surface area contributed by atoms with Crippen LogP contribution in [0.15, 0.2) is 18.2 Å². The van der Waals surface area contributed by atoms with Gasteiger partial charge in [0.25, 0.3) is 0 Å². The fourth-order valence-corrected chi connectivity index (χ4v) is 3.28. The number of ether oxygens (including phenoxy) is 1. The van der Waals surface area contributed by atoms with Crippen LogP contribution in [0.25, 0.3) is 0 Å². The third-order valence-corrected chi connectivity index (χ3v) is 4.47. The molecule has 0 radical (unpaired) electrons. The molecule has 11 heteroatoms. The molecular weight excluding hydrogens is 366 g/mol. The second kappa shape index (κ2) is 8.77. The van der Waals surface area contributed by atoms with E-state index in [1.54, 1.807) is 7.05 Å². The largest absolute Gasteiger partial charge is 0.229 e. The molecule has 1 amide bonds. The first-order valence-electron chi connectivity index (χ1n) is 7.90. The van der Waals surface area contributed by atoms with Gasteiger partial charge in [-0.05, 0) is 0 Å². The number of phenolic OH excluding ortho intramolecular Hbond substituents is 1. The molecular formula is C16H17BF3N3O4. The van der Waals surface area contributed by atoms with E-state index in [2.05, 4.69) is 9.97 Å². The normalized spacial score (nSPS) is 25.3. The fraction of sp³-hybridized carbons (Fsp3) is 0.438. The standard InChI is InChI=1S/C15H15BFN3O4.CH2F2/c1-20-13(22)10-4-5-23-7-15(10,19-14(20)16-24-8-18)11-6-9(21)2-3-12(11)17;2-1-3/h2-3,6,10,19,21H,4-5,7H2,1H3;1H2. The number of amides is 1.